The Kier molecular flexibility index (Phi) is 5.30. The van der Waals surface area contributed by atoms with E-state index in [0.717, 1.165) is 42.2 Å². The number of pyridine rings is 1. The lowest BCUT2D eigenvalue weighted by Gasteiger charge is -2.32. The Morgan fingerprint density at radius 3 is 2.96 bits per heavy atom. The Morgan fingerprint density at radius 1 is 1.22 bits per heavy atom. The minimum absolute atomic E-state index is 0.526. The van der Waals surface area contributed by atoms with Crippen LogP contribution in [0.4, 0.5) is 0 Å². The number of hydrogen-bond acceptors (Lipinski definition) is 4. The summed E-state index contributed by atoms with van der Waals surface area (Å²) in [6.45, 7) is 5.74. The van der Waals surface area contributed by atoms with E-state index in [0.29, 0.717) is 12.5 Å². The molecule has 0 aliphatic carbocycles. The van der Waals surface area contributed by atoms with Gasteiger partial charge in [0.05, 0.1) is 24.8 Å². The molecule has 1 saturated heterocycles. The SMILES string of the molecule is CCOc1ccc(CN2CCC[C@@H](c3cc4ncccc4[nH]3)C2)cc1OC. The van der Waals surface area contributed by atoms with Crippen molar-refractivity contribution in [1.82, 2.24) is 14.9 Å². The van der Waals surface area contributed by atoms with Crippen LogP contribution in [0.25, 0.3) is 11.0 Å². The zero-order valence-corrected chi connectivity index (χ0v) is 16.1. The molecule has 4 rings (SSSR count). The molecule has 27 heavy (non-hydrogen) atoms. The molecule has 142 valence electrons. The number of benzene rings is 1. The zero-order chi connectivity index (χ0) is 18.6. The number of H-pyrrole nitrogens is 1. The van der Waals surface area contributed by atoms with E-state index in [1.807, 2.05) is 25.3 Å². The number of aromatic amines is 1. The van der Waals surface area contributed by atoms with E-state index in [1.165, 1.54) is 24.1 Å². The van der Waals surface area contributed by atoms with Crippen LogP contribution < -0.4 is 9.47 Å². The van der Waals surface area contributed by atoms with E-state index >= 15 is 0 Å². The molecule has 3 heterocycles. The van der Waals surface area contributed by atoms with Gasteiger partial charge in [0.25, 0.3) is 0 Å². The second-order valence-corrected chi connectivity index (χ2v) is 7.15. The second-order valence-electron chi connectivity index (χ2n) is 7.15. The lowest BCUT2D eigenvalue weighted by atomic mass is 9.94. The maximum absolute atomic E-state index is 5.63. The van der Waals surface area contributed by atoms with Crippen molar-refractivity contribution < 1.29 is 9.47 Å². The summed E-state index contributed by atoms with van der Waals surface area (Å²) in [4.78, 5) is 10.5. The Labute approximate surface area is 160 Å². The molecule has 0 amide bonds. The highest BCUT2D eigenvalue weighted by molar-refractivity contribution is 5.75. The lowest BCUT2D eigenvalue weighted by Crippen LogP contribution is -2.34. The topological polar surface area (TPSA) is 50.4 Å². The first-order valence-corrected chi connectivity index (χ1v) is 9.72. The maximum Gasteiger partial charge on any atom is 0.161 e. The van der Waals surface area contributed by atoms with Gasteiger partial charge in [-0.25, -0.2) is 0 Å². The van der Waals surface area contributed by atoms with Gasteiger partial charge in [-0.1, -0.05) is 6.07 Å². The second kappa shape index (κ2) is 8.01. The van der Waals surface area contributed by atoms with Gasteiger partial charge < -0.3 is 14.5 Å². The molecule has 0 bridgehead atoms. The highest BCUT2D eigenvalue weighted by Gasteiger charge is 2.23. The number of methoxy groups -OCH3 is 1. The quantitative estimate of drug-likeness (QED) is 0.706. The van der Waals surface area contributed by atoms with Crippen LogP contribution in [0.1, 0.15) is 36.9 Å². The van der Waals surface area contributed by atoms with Crippen LogP contribution in [0.15, 0.2) is 42.6 Å². The van der Waals surface area contributed by atoms with E-state index in [-0.39, 0.29) is 0 Å². The van der Waals surface area contributed by atoms with Crippen LogP contribution in [0.5, 0.6) is 11.5 Å². The van der Waals surface area contributed by atoms with Crippen molar-refractivity contribution >= 4 is 11.0 Å². The molecule has 0 saturated carbocycles. The van der Waals surface area contributed by atoms with Gasteiger partial charge in [-0.3, -0.25) is 9.88 Å². The molecule has 5 heteroatoms. The van der Waals surface area contributed by atoms with Crippen LogP contribution in [0.3, 0.4) is 0 Å². The Morgan fingerprint density at radius 2 is 2.15 bits per heavy atom. The normalized spacial score (nSPS) is 17.9. The largest absolute Gasteiger partial charge is 0.493 e. The third kappa shape index (κ3) is 3.93. The van der Waals surface area contributed by atoms with E-state index in [9.17, 15) is 0 Å². The smallest absolute Gasteiger partial charge is 0.161 e. The van der Waals surface area contributed by atoms with Crippen molar-refractivity contribution in [2.75, 3.05) is 26.8 Å². The summed E-state index contributed by atoms with van der Waals surface area (Å²) in [6, 6.07) is 12.5. The van der Waals surface area contributed by atoms with Crippen LogP contribution in [0.2, 0.25) is 0 Å². The van der Waals surface area contributed by atoms with Crippen molar-refractivity contribution in [3.8, 4) is 11.5 Å². The average Bonchev–Trinajstić information content (AvgIpc) is 3.14. The number of ether oxygens (including phenoxy) is 2. The number of nitrogens with zero attached hydrogens (tertiary/aromatic N) is 2. The summed E-state index contributed by atoms with van der Waals surface area (Å²) in [6.07, 6.45) is 4.28. The summed E-state index contributed by atoms with van der Waals surface area (Å²) in [7, 11) is 1.70. The predicted octanol–water partition coefficient (Wildman–Crippen LogP) is 4.35. The van der Waals surface area contributed by atoms with Gasteiger partial charge in [0, 0.05) is 30.9 Å². The Balaban J connectivity index is 1.47. The third-order valence-corrected chi connectivity index (χ3v) is 5.29. The number of rotatable bonds is 6. The molecule has 0 spiro atoms. The third-order valence-electron chi connectivity index (χ3n) is 5.29. The molecule has 0 unspecified atom stereocenters. The first-order valence-electron chi connectivity index (χ1n) is 9.72. The lowest BCUT2D eigenvalue weighted by molar-refractivity contribution is 0.198. The zero-order valence-electron chi connectivity index (χ0n) is 16.1. The molecule has 1 fully saturated rings. The number of aromatic nitrogens is 2. The van der Waals surface area contributed by atoms with Gasteiger partial charge in [-0.15, -0.1) is 0 Å². The monoisotopic (exact) mass is 365 g/mol. The highest BCUT2D eigenvalue weighted by atomic mass is 16.5. The first-order chi connectivity index (χ1) is 13.3. The molecule has 2 aromatic heterocycles. The van der Waals surface area contributed by atoms with Crippen molar-refractivity contribution in [1.29, 1.82) is 0 Å². The number of hydrogen-bond donors (Lipinski definition) is 1. The molecule has 1 aliphatic rings. The summed E-state index contributed by atoms with van der Waals surface area (Å²) in [5.74, 6) is 2.15. The Bertz CT molecular complexity index is 872. The van der Waals surface area contributed by atoms with Gasteiger partial charge in [0.2, 0.25) is 0 Å². The molecule has 1 aliphatic heterocycles. The van der Waals surface area contributed by atoms with Crippen LogP contribution >= 0.6 is 0 Å². The maximum atomic E-state index is 5.63. The standard InChI is InChI=1S/C22H27N3O2/c1-3-27-21-9-8-16(12-22(21)26-2)14-25-11-5-6-17(15-25)19-13-20-18(24-19)7-4-10-23-20/h4,7-10,12-13,17,24H,3,5-6,11,14-15H2,1-2H3/t17-/m1/s1. The van der Waals surface area contributed by atoms with Gasteiger partial charge in [-0.2, -0.15) is 0 Å². The van der Waals surface area contributed by atoms with Crippen LogP contribution in [-0.4, -0.2) is 41.7 Å². The van der Waals surface area contributed by atoms with Gasteiger partial charge >= 0.3 is 0 Å². The molecule has 1 atom stereocenters. The fraction of sp³-hybridized carbons (Fsp3) is 0.409. The minimum atomic E-state index is 0.526. The van der Waals surface area contributed by atoms with Crippen molar-refractivity contribution in [3.05, 3.63) is 53.9 Å². The summed E-state index contributed by atoms with van der Waals surface area (Å²) < 4.78 is 11.1. The van der Waals surface area contributed by atoms with E-state index in [2.05, 4.69) is 39.1 Å². The molecule has 1 aromatic carbocycles. The fourth-order valence-corrected chi connectivity index (χ4v) is 3.99. The summed E-state index contributed by atoms with van der Waals surface area (Å²) >= 11 is 0. The molecule has 3 aromatic rings. The average molecular weight is 365 g/mol. The number of piperidine rings is 1. The van der Waals surface area contributed by atoms with Crippen molar-refractivity contribution in [2.45, 2.75) is 32.2 Å². The number of fused-ring (bicyclic) bond motifs is 1. The molecule has 1 N–H and O–H groups in total. The van der Waals surface area contributed by atoms with Gasteiger partial charge in [0.1, 0.15) is 0 Å². The van der Waals surface area contributed by atoms with E-state index in [1.54, 1.807) is 7.11 Å². The van der Waals surface area contributed by atoms with E-state index in [4.69, 9.17) is 9.47 Å². The van der Waals surface area contributed by atoms with Crippen molar-refractivity contribution in [3.63, 3.8) is 0 Å². The highest BCUT2D eigenvalue weighted by Crippen LogP contribution is 2.31. The Hall–Kier alpha value is -2.53. The number of nitrogens with one attached hydrogen (secondary N) is 1. The van der Waals surface area contributed by atoms with Crippen LogP contribution in [0, 0.1) is 0 Å². The van der Waals surface area contributed by atoms with Gasteiger partial charge in [-0.05, 0) is 62.2 Å². The van der Waals surface area contributed by atoms with Crippen molar-refractivity contribution in [2.24, 2.45) is 0 Å². The van der Waals surface area contributed by atoms with Crippen LogP contribution in [-0.2, 0) is 6.54 Å². The molecular weight excluding hydrogens is 338 g/mol. The minimum Gasteiger partial charge on any atom is -0.493 e. The predicted molar refractivity (Wildman–Crippen MR) is 108 cm³/mol. The fourth-order valence-electron chi connectivity index (χ4n) is 3.99. The van der Waals surface area contributed by atoms with E-state index < -0.39 is 0 Å². The molecular formula is C22H27N3O2. The van der Waals surface area contributed by atoms with Gasteiger partial charge in [0.15, 0.2) is 11.5 Å². The summed E-state index contributed by atoms with van der Waals surface area (Å²) in [5.41, 5.74) is 4.74. The summed E-state index contributed by atoms with van der Waals surface area (Å²) in [5, 5.41) is 0. The first kappa shape index (κ1) is 17.9. The molecule has 5 nitrogen and oxygen atoms in total. The molecule has 0 radical (unpaired) electrons. The number of likely N-dealkylation sites (tertiary alicyclic amines) is 1.